The Kier molecular flexibility index (Phi) is 4.76. The summed E-state index contributed by atoms with van der Waals surface area (Å²) in [5.41, 5.74) is 9.32. The number of aryl methyl sites for hydroxylation is 1. The van der Waals surface area contributed by atoms with E-state index in [0.717, 1.165) is 22.4 Å². The number of carbonyl (C=O) groups excluding carboxylic acids is 1. The summed E-state index contributed by atoms with van der Waals surface area (Å²) >= 11 is 0. The summed E-state index contributed by atoms with van der Waals surface area (Å²) in [5.74, 6) is 0.0311. The minimum absolute atomic E-state index is 0.0311. The standard InChI is InChI=1S/C18H22N2O/c1-13(2)20(16-10-8-15(12-19)9-11-16)18(21)17-7-5-4-6-14(17)3/h4-11,13H,12,19H2,1-3H3. The number of nitrogens with two attached hydrogens (primary N) is 1. The van der Waals surface area contributed by atoms with Crippen LogP contribution in [0.3, 0.4) is 0 Å². The second kappa shape index (κ2) is 6.55. The smallest absolute Gasteiger partial charge is 0.258 e. The number of carbonyl (C=O) groups is 1. The van der Waals surface area contributed by atoms with Gasteiger partial charge in [-0.25, -0.2) is 0 Å². The zero-order valence-corrected chi connectivity index (χ0v) is 12.8. The highest BCUT2D eigenvalue weighted by Crippen LogP contribution is 2.22. The molecular weight excluding hydrogens is 260 g/mol. The van der Waals surface area contributed by atoms with Crippen LogP contribution < -0.4 is 10.6 Å². The Hall–Kier alpha value is -2.13. The lowest BCUT2D eigenvalue weighted by Crippen LogP contribution is -2.37. The molecule has 3 heteroatoms. The van der Waals surface area contributed by atoms with Crippen molar-refractivity contribution in [3.63, 3.8) is 0 Å². The van der Waals surface area contributed by atoms with Gasteiger partial charge in [0.1, 0.15) is 0 Å². The lowest BCUT2D eigenvalue weighted by Gasteiger charge is -2.27. The molecule has 0 unspecified atom stereocenters. The average Bonchev–Trinajstić information content (AvgIpc) is 2.48. The Morgan fingerprint density at radius 1 is 1.10 bits per heavy atom. The van der Waals surface area contributed by atoms with Crippen LogP contribution in [0.2, 0.25) is 0 Å². The van der Waals surface area contributed by atoms with E-state index in [1.807, 2.05) is 74.2 Å². The quantitative estimate of drug-likeness (QED) is 0.932. The van der Waals surface area contributed by atoms with Crippen LogP contribution in [0.4, 0.5) is 5.69 Å². The number of hydrogen-bond donors (Lipinski definition) is 1. The predicted molar refractivity (Wildman–Crippen MR) is 87.5 cm³/mol. The van der Waals surface area contributed by atoms with E-state index in [-0.39, 0.29) is 11.9 Å². The molecule has 0 heterocycles. The van der Waals surface area contributed by atoms with Crippen LogP contribution in [-0.4, -0.2) is 11.9 Å². The molecule has 0 atom stereocenters. The lowest BCUT2D eigenvalue weighted by atomic mass is 10.1. The molecule has 0 aliphatic carbocycles. The maximum atomic E-state index is 12.9. The Labute approximate surface area is 126 Å². The number of rotatable bonds is 4. The van der Waals surface area contributed by atoms with E-state index >= 15 is 0 Å². The Balaban J connectivity index is 2.39. The van der Waals surface area contributed by atoms with Gasteiger partial charge in [0.25, 0.3) is 5.91 Å². The first-order chi connectivity index (χ1) is 10.0. The van der Waals surface area contributed by atoms with Crippen LogP contribution in [0.15, 0.2) is 48.5 Å². The molecule has 110 valence electrons. The van der Waals surface area contributed by atoms with E-state index in [2.05, 4.69) is 0 Å². The van der Waals surface area contributed by atoms with Crippen LogP contribution in [0.5, 0.6) is 0 Å². The van der Waals surface area contributed by atoms with Gasteiger partial charge in [0.15, 0.2) is 0 Å². The van der Waals surface area contributed by atoms with Gasteiger partial charge < -0.3 is 10.6 Å². The molecule has 0 radical (unpaired) electrons. The zero-order chi connectivity index (χ0) is 15.4. The maximum absolute atomic E-state index is 12.9. The van der Waals surface area contributed by atoms with Crippen LogP contribution in [0.1, 0.15) is 35.3 Å². The van der Waals surface area contributed by atoms with Crippen molar-refractivity contribution >= 4 is 11.6 Å². The molecule has 2 N–H and O–H groups in total. The molecule has 1 amide bonds. The number of nitrogens with zero attached hydrogens (tertiary/aromatic N) is 1. The molecule has 2 aromatic rings. The first kappa shape index (κ1) is 15.3. The molecule has 0 aliphatic rings. The second-order valence-corrected chi connectivity index (χ2v) is 5.45. The fourth-order valence-corrected chi connectivity index (χ4v) is 2.39. The van der Waals surface area contributed by atoms with Crippen LogP contribution in [0.25, 0.3) is 0 Å². The van der Waals surface area contributed by atoms with Crippen molar-refractivity contribution in [1.82, 2.24) is 0 Å². The van der Waals surface area contributed by atoms with Gasteiger partial charge in [-0.3, -0.25) is 4.79 Å². The first-order valence-electron chi connectivity index (χ1n) is 7.22. The van der Waals surface area contributed by atoms with Crippen molar-refractivity contribution < 1.29 is 4.79 Å². The van der Waals surface area contributed by atoms with Crippen LogP contribution in [0, 0.1) is 6.92 Å². The molecule has 21 heavy (non-hydrogen) atoms. The fourth-order valence-electron chi connectivity index (χ4n) is 2.39. The molecule has 0 aromatic heterocycles. The summed E-state index contributed by atoms with van der Waals surface area (Å²) in [4.78, 5) is 14.7. The Morgan fingerprint density at radius 3 is 2.24 bits per heavy atom. The van der Waals surface area contributed by atoms with E-state index in [4.69, 9.17) is 5.73 Å². The van der Waals surface area contributed by atoms with Gasteiger partial charge in [-0.15, -0.1) is 0 Å². The summed E-state index contributed by atoms with van der Waals surface area (Å²) in [6.45, 7) is 6.51. The summed E-state index contributed by atoms with van der Waals surface area (Å²) < 4.78 is 0. The third-order valence-corrected chi connectivity index (χ3v) is 3.56. The number of amides is 1. The summed E-state index contributed by atoms with van der Waals surface area (Å²) in [6, 6.07) is 15.6. The lowest BCUT2D eigenvalue weighted by molar-refractivity contribution is 0.0979. The SMILES string of the molecule is Cc1ccccc1C(=O)N(c1ccc(CN)cc1)C(C)C. The molecule has 0 saturated heterocycles. The Bertz CT molecular complexity index is 617. The molecule has 0 aliphatic heterocycles. The molecule has 0 bridgehead atoms. The molecule has 0 saturated carbocycles. The third-order valence-electron chi connectivity index (χ3n) is 3.56. The minimum Gasteiger partial charge on any atom is -0.326 e. The number of hydrogen-bond acceptors (Lipinski definition) is 2. The summed E-state index contributed by atoms with van der Waals surface area (Å²) in [6.07, 6.45) is 0. The van der Waals surface area contributed by atoms with E-state index in [1.165, 1.54) is 0 Å². The van der Waals surface area contributed by atoms with Gasteiger partial charge in [0.2, 0.25) is 0 Å². The molecule has 2 aromatic carbocycles. The fraction of sp³-hybridized carbons (Fsp3) is 0.278. The van der Waals surface area contributed by atoms with E-state index in [9.17, 15) is 4.79 Å². The second-order valence-electron chi connectivity index (χ2n) is 5.45. The van der Waals surface area contributed by atoms with E-state index < -0.39 is 0 Å². The van der Waals surface area contributed by atoms with Crippen LogP contribution in [-0.2, 0) is 6.54 Å². The van der Waals surface area contributed by atoms with Crippen molar-refractivity contribution in [3.8, 4) is 0 Å². The number of benzene rings is 2. The summed E-state index contributed by atoms with van der Waals surface area (Å²) in [5, 5.41) is 0. The molecule has 3 nitrogen and oxygen atoms in total. The average molecular weight is 282 g/mol. The monoisotopic (exact) mass is 282 g/mol. The predicted octanol–water partition coefficient (Wildman–Crippen LogP) is 3.51. The normalized spacial score (nSPS) is 10.7. The third kappa shape index (κ3) is 3.31. The highest BCUT2D eigenvalue weighted by molar-refractivity contribution is 6.07. The topological polar surface area (TPSA) is 46.3 Å². The van der Waals surface area contributed by atoms with Crippen molar-refractivity contribution in [1.29, 1.82) is 0 Å². The van der Waals surface area contributed by atoms with Gasteiger partial charge in [0.05, 0.1) is 0 Å². The molecular formula is C18H22N2O. The zero-order valence-electron chi connectivity index (χ0n) is 12.8. The maximum Gasteiger partial charge on any atom is 0.258 e. The largest absolute Gasteiger partial charge is 0.326 e. The highest BCUT2D eigenvalue weighted by atomic mass is 16.2. The van der Waals surface area contributed by atoms with Crippen molar-refractivity contribution in [2.75, 3.05) is 4.90 Å². The highest BCUT2D eigenvalue weighted by Gasteiger charge is 2.21. The van der Waals surface area contributed by atoms with Crippen molar-refractivity contribution in [2.45, 2.75) is 33.4 Å². The van der Waals surface area contributed by atoms with Crippen LogP contribution >= 0.6 is 0 Å². The molecule has 2 rings (SSSR count). The van der Waals surface area contributed by atoms with E-state index in [0.29, 0.717) is 6.54 Å². The molecule has 0 fully saturated rings. The van der Waals surface area contributed by atoms with Crippen molar-refractivity contribution in [3.05, 3.63) is 65.2 Å². The van der Waals surface area contributed by atoms with Gasteiger partial charge in [-0.2, -0.15) is 0 Å². The van der Waals surface area contributed by atoms with Crippen molar-refractivity contribution in [2.24, 2.45) is 5.73 Å². The number of anilines is 1. The van der Waals surface area contributed by atoms with E-state index in [1.54, 1.807) is 0 Å². The first-order valence-corrected chi connectivity index (χ1v) is 7.22. The Morgan fingerprint density at radius 2 is 1.71 bits per heavy atom. The van der Waals surface area contributed by atoms with Gasteiger partial charge >= 0.3 is 0 Å². The minimum atomic E-state index is 0.0311. The summed E-state index contributed by atoms with van der Waals surface area (Å²) in [7, 11) is 0. The van der Waals surface area contributed by atoms with Gasteiger partial charge in [0, 0.05) is 23.8 Å². The van der Waals surface area contributed by atoms with Gasteiger partial charge in [-0.1, -0.05) is 30.3 Å². The molecule has 0 spiro atoms. The van der Waals surface area contributed by atoms with Gasteiger partial charge in [-0.05, 0) is 50.1 Å².